The van der Waals surface area contributed by atoms with E-state index < -0.39 is 27.9 Å². The molecule has 1 aliphatic rings. The highest BCUT2D eigenvalue weighted by Gasteiger charge is 2.31. The van der Waals surface area contributed by atoms with E-state index in [-0.39, 0.29) is 18.0 Å². The molecule has 9 heteroatoms. The lowest BCUT2D eigenvalue weighted by Gasteiger charge is -2.21. The van der Waals surface area contributed by atoms with Gasteiger partial charge in [0.15, 0.2) is 6.10 Å². The lowest BCUT2D eigenvalue weighted by atomic mass is 10.2. The van der Waals surface area contributed by atoms with Crippen molar-refractivity contribution < 1.29 is 22.3 Å². The molecule has 1 N–H and O–H groups in total. The van der Waals surface area contributed by atoms with Gasteiger partial charge in [-0.15, -0.1) is 0 Å². The van der Waals surface area contributed by atoms with Crippen molar-refractivity contribution in [2.75, 3.05) is 22.4 Å². The van der Waals surface area contributed by atoms with Gasteiger partial charge in [0, 0.05) is 18.7 Å². The van der Waals surface area contributed by atoms with E-state index in [0.717, 1.165) is 17.9 Å². The Kier molecular flexibility index (Phi) is 5.30. The summed E-state index contributed by atoms with van der Waals surface area (Å²) in [6.07, 6.45) is 0.351. The molecule has 0 aliphatic carbocycles. The molecule has 1 heterocycles. The molecule has 0 spiro atoms. The number of nitrogens with zero attached hydrogens (tertiary/aromatic N) is 1. The van der Waals surface area contributed by atoms with Crippen molar-refractivity contribution in [3.8, 4) is 5.75 Å². The minimum absolute atomic E-state index is 0.0948. The maximum atomic E-state index is 13.3. The Bertz CT molecular complexity index is 997. The molecule has 0 saturated carbocycles. The van der Waals surface area contributed by atoms with Crippen molar-refractivity contribution in [2.45, 2.75) is 19.4 Å². The summed E-state index contributed by atoms with van der Waals surface area (Å²) in [7, 11) is -3.54. The van der Waals surface area contributed by atoms with Gasteiger partial charge in [0.1, 0.15) is 11.6 Å². The summed E-state index contributed by atoms with van der Waals surface area (Å²) in [5.41, 5.74) is 1.59. The van der Waals surface area contributed by atoms with E-state index in [1.54, 1.807) is 18.2 Å². The van der Waals surface area contributed by atoms with E-state index in [1.807, 2.05) is 6.92 Å². The van der Waals surface area contributed by atoms with Crippen LogP contribution in [0.5, 0.6) is 5.75 Å². The molecule has 144 valence electrons. The third-order valence-corrected chi connectivity index (χ3v) is 5.60. The van der Waals surface area contributed by atoms with Crippen LogP contribution in [0, 0.1) is 12.7 Å². The average molecular weight is 413 g/mol. The minimum atomic E-state index is -3.54. The van der Waals surface area contributed by atoms with Crippen molar-refractivity contribution in [3.63, 3.8) is 0 Å². The fourth-order valence-electron chi connectivity index (χ4n) is 2.81. The van der Waals surface area contributed by atoms with Gasteiger partial charge in [0.2, 0.25) is 10.0 Å². The normalized spacial score (nSPS) is 16.9. The zero-order valence-corrected chi connectivity index (χ0v) is 16.3. The number of aryl methyl sites for hydroxylation is 1. The smallest absolute Gasteiger partial charge is 0.265 e. The molecule has 1 amide bonds. The molecule has 3 rings (SSSR count). The molecule has 0 unspecified atom stereocenters. The second-order valence-corrected chi connectivity index (χ2v) is 8.63. The second-order valence-electron chi connectivity index (χ2n) is 6.32. The molecule has 1 aliphatic heterocycles. The summed E-state index contributed by atoms with van der Waals surface area (Å²) in [6.45, 7) is 1.94. The van der Waals surface area contributed by atoms with Gasteiger partial charge in [-0.1, -0.05) is 17.7 Å². The van der Waals surface area contributed by atoms with E-state index in [4.69, 9.17) is 16.3 Å². The molecule has 0 bridgehead atoms. The first-order valence-electron chi connectivity index (χ1n) is 8.16. The highest BCUT2D eigenvalue weighted by atomic mass is 35.5. The van der Waals surface area contributed by atoms with Crippen molar-refractivity contribution in [1.82, 2.24) is 0 Å². The highest BCUT2D eigenvalue weighted by molar-refractivity contribution is 7.92. The zero-order chi connectivity index (χ0) is 19.8. The van der Waals surface area contributed by atoms with Crippen LogP contribution in [0.4, 0.5) is 15.8 Å². The van der Waals surface area contributed by atoms with E-state index >= 15 is 0 Å². The monoisotopic (exact) mass is 412 g/mol. The quantitative estimate of drug-likeness (QED) is 0.838. The summed E-state index contributed by atoms with van der Waals surface area (Å²) in [5, 5.41) is 2.51. The van der Waals surface area contributed by atoms with Gasteiger partial charge in [-0.2, -0.15) is 0 Å². The van der Waals surface area contributed by atoms with E-state index in [2.05, 4.69) is 5.32 Å². The molecule has 27 heavy (non-hydrogen) atoms. The zero-order valence-electron chi connectivity index (χ0n) is 14.7. The molecule has 0 fully saturated rings. The van der Waals surface area contributed by atoms with Crippen LogP contribution >= 0.6 is 11.6 Å². The van der Waals surface area contributed by atoms with Crippen LogP contribution in [-0.4, -0.2) is 33.2 Å². The van der Waals surface area contributed by atoms with Crippen LogP contribution in [0.15, 0.2) is 36.4 Å². The molecule has 2 aromatic rings. The number of halogens is 2. The van der Waals surface area contributed by atoms with E-state index in [0.29, 0.717) is 17.1 Å². The first-order chi connectivity index (χ1) is 12.6. The predicted molar refractivity (Wildman–Crippen MR) is 102 cm³/mol. The fraction of sp³-hybridized carbons (Fsp3) is 0.278. The van der Waals surface area contributed by atoms with Crippen LogP contribution in [0.2, 0.25) is 5.02 Å². The lowest BCUT2D eigenvalue weighted by molar-refractivity contribution is -0.122. The van der Waals surface area contributed by atoms with E-state index in [9.17, 15) is 17.6 Å². The highest BCUT2D eigenvalue weighted by Crippen LogP contribution is 2.35. The fourth-order valence-corrected chi connectivity index (χ4v) is 3.93. The largest absolute Gasteiger partial charge is 0.478 e. The number of amides is 1. The average Bonchev–Trinajstić information content (AvgIpc) is 2.77. The minimum Gasteiger partial charge on any atom is -0.478 e. The molecule has 0 aromatic heterocycles. The van der Waals surface area contributed by atoms with Gasteiger partial charge in [-0.05, 0) is 42.8 Å². The van der Waals surface area contributed by atoms with Crippen LogP contribution < -0.4 is 14.4 Å². The Morgan fingerprint density at radius 2 is 2.04 bits per heavy atom. The predicted octanol–water partition coefficient (Wildman–Crippen LogP) is 3.34. The lowest BCUT2D eigenvalue weighted by Crippen LogP contribution is -2.36. The SMILES string of the molecule is Cc1ccc2c(c1)N(S(C)(=O)=O)CC[C@H](C(=O)Nc1ccc(F)c(Cl)c1)O2. The number of rotatable bonds is 3. The molecule has 0 saturated heterocycles. The number of sulfonamides is 1. The summed E-state index contributed by atoms with van der Waals surface area (Å²) in [5.74, 6) is -0.756. The molecular formula is C18H18ClFN2O4S. The topological polar surface area (TPSA) is 75.7 Å². The Morgan fingerprint density at radius 3 is 2.70 bits per heavy atom. The first kappa shape index (κ1) is 19.4. The molecule has 2 aromatic carbocycles. The second kappa shape index (κ2) is 7.36. The Labute approximate surface area is 161 Å². The molecule has 1 atom stereocenters. The van der Waals surface area contributed by atoms with Crippen molar-refractivity contribution in [1.29, 1.82) is 0 Å². The third kappa shape index (κ3) is 4.33. The van der Waals surface area contributed by atoms with E-state index in [1.165, 1.54) is 16.4 Å². The number of anilines is 2. The van der Waals surface area contributed by atoms with Crippen LogP contribution in [0.25, 0.3) is 0 Å². The number of hydrogen-bond acceptors (Lipinski definition) is 4. The number of carbonyl (C=O) groups excluding carboxylic acids is 1. The summed E-state index contributed by atoms with van der Waals surface area (Å²) >= 11 is 5.73. The van der Waals surface area contributed by atoms with Crippen molar-refractivity contribution in [2.24, 2.45) is 0 Å². The van der Waals surface area contributed by atoms with Crippen molar-refractivity contribution >= 4 is 38.9 Å². The Morgan fingerprint density at radius 1 is 1.30 bits per heavy atom. The summed E-state index contributed by atoms with van der Waals surface area (Å²) < 4.78 is 44.6. The molecule has 0 radical (unpaired) electrons. The summed E-state index contributed by atoms with van der Waals surface area (Å²) in [6, 6.07) is 8.95. The number of benzene rings is 2. The number of fused-ring (bicyclic) bond motifs is 1. The van der Waals surface area contributed by atoms with Gasteiger partial charge in [0.05, 0.1) is 17.0 Å². The van der Waals surface area contributed by atoms with Gasteiger partial charge >= 0.3 is 0 Å². The van der Waals surface area contributed by atoms with Gasteiger partial charge in [0.25, 0.3) is 5.91 Å². The maximum absolute atomic E-state index is 13.3. The van der Waals surface area contributed by atoms with Crippen LogP contribution in [0.1, 0.15) is 12.0 Å². The van der Waals surface area contributed by atoms with Gasteiger partial charge in [-0.25, -0.2) is 12.8 Å². The standard InChI is InChI=1S/C18H18ClFN2O4S/c1-11-3-6-16-15(9-11)22(27(2,24)25)8-7-17(26-16)18(23)21-12-4-5-14(20)13(19)10-12/h3-6,9-10,17H,7-8H2,1-2H3,(H,21,23)/t17-/m1/s1. The Balaban J connectivity index is 1.87. The van der Waals surface area contributed by atoms with Crippen LogP contribution in [-0.2, 0) is 14.8 Å². The van der Waals surface area contributed by atoms with Crippen LogP contribution in [0.3, 0.4) is 0 Å². The number of nitrogens with one attached hydrogen (secondary N) is 1. The van der Waals surface area contributed by atoms with Crippen molar-refractivity contribution in [3.05, 3.63) is 52.8 Å². The third-order valence-electron chi connectivity index (χ3n) is 4.13. The van der Waals surface area contributed by atoms with Gasteiger partial charge in [-0.3, -0.25) is 9.10 Å². The number of ether oxygens (including phenoxy) is 1. The summed E-state index contributed by atoms with van der Waals surface area (Å²) in [4.78, 5) is 12.6. The molecule has 6 nitrogen and oxygen atoms in total. The first-order valence-corrected chi connectivity index (χ1v) is 10.4. The molecular weight excluding hydrogens is 395 g/mol. The van der Waals surface area contributed by atoms with Gasteiger partial charge < -0.3 is 10.1 Å². The number of hydrogen-bond donors (Lipinski definition) is 1. The Hall–Kier alpha value is -2.32. The number of carbonyl (C=O) groups is 1. The maximum Gasteiger partial charge on any atom is 0.265 e.